The number of benzene rings is 1. The molecule has 0 atom stereocenters. The molecule has 0 saturated carbocycles. The molecule has 0 unspecified atom stereocenters. The molecule has 0 bridgehead atoms. The van der Waals surface area contributed by atoms with Crippen LogP contribution in [0, 0.1) is 6.92 Å². The molecule has 0 amide bonds. The number of rotatable bonds is 5. The number of pyridine rings is 1. The van der Waals surface area contributed by atoms with E-state index in [0.717, 1.165) is 28.0 Å². The summed E-state index contributed by atoms with van der Waals surface area (Å²) in [6.07, 6.45) is 2.73. The Morgan fingerprint density at radius 1 is 1.32 bits per heavy atom. The average Bonchev–Trinajstić information content (AvgIpc) is 2.41. The summed E-state index contributed by atoms with van der Waals surface area (Å²) >= 11 is 3.53. The third-order valence-electron chi connectivity index (χ3n) is 2.82. The first kappa shape index (κ1) is 14.0. The third kappa shape index (κ3) is 3.78. The van der Waals surface area contributed by atoms with Gasteiger partial charge < -0.3 is 10.1 Å². The maximum atomic E-state index is 5.14. The van der Waals surface area contributed by atoms with Crippen LogP contribution in [-0.4, -0.2) is 18.7 Å². The lowest BCUT2D eigenvalue weighted by Crippen LogP contribution is -2.01. The summed E-state index contributed by atoms with van der Waals surface area (Å²) in [7, 11) is 1.72. The first-order valence-corrected chi connectivity index (χ1v) is 6.96. The molecule has 0 aliphatic rings. The summed E-state index contributed by atoms with van der Waals surface area (Å²) in [5, 5.41) is 3.36. The van der Waals surface area contributed by atoms with Crippen molar-refractivity contribution < 1.29 is 4.74 Å². The lowest BCUT2D eigenvalue weighted by Gasteiger charge is -2.12. The van der Waals surface area contributed by atoms with Crippen LogP contribution in [0.25, 0.3) is 0 Å². The fourth-order valence-electron chi connectivity index (χ4n) is 1.83. The van der Waals surface area contributed by atoms with E-state index in [2.05, 4.69) is 38.4 Å². The van der Waals surface area contributed by atoms with E-state index < -0.39 is 0 Å². The minimum absolute atomic E-state index is 0.710. The Bertz CT molecular complexity index is 558. The lowest BCUT2D eigenvalue weighted by molar-refractivity contribution is 0.202. The highest BCUT2D eigenvalue weighted by Gasteiger charge is 2.06. The van der Waals surface area contributed by atoms with E-state index in [1.165, 1.54) is 5.56 Å². The number of nitrogens with one attached hydrogen (secondary N) is 1. The number of ether oxygens (including phenoxy) is 1. The number of nitrogens with zero attached hydrogens (tertiary/aromatic N) is 1. The molecule has 0 fully saturated rings. The van der Waals surface area contributed by atoms with E-state index in [4.69, 9.17) is 4.74 Å². The Morgan fingerprint density at radius 2 is 2.11 bits per heavy atom. The van der Waals surface area contributed by atoms with Gasteiger partial charge >= 0.3 is 0 Å². The van der Waals surface area contributed by atoms with E-state index in [9.17, 15) is 0 Å². The zero-order valence-electron chi connectivity index (χ0n) is 11.1. The van der Waals surface area contributed by atoms with Gasteiger partial charge in [0.1, 0.15) is 5.82 Å². The second-order valence-corrected chi connectivity index (χ2v) is 5.22. The quantitative estimate of drug-likeness (QED) is 0.901. The molecule has 1 heterocycles. The Kier molecular flexibility index (Phi) is 4.93. The summed E-state index contributed by atoms with van der Waals surface area (Å²) < 4.78 is 6.10. The van der Waals surface area contributed by atoms with Crippen molar-refractivity contribution in [1.29, 1.82) is 0 Å². The zero-order chi connectivity index (χ0) is 13.7. The highest BCUT2D eigenvalue weighted by Crippen LogP contribution is 2.26. The second-order valence-electron chi connectivity index (χ2n) is 4.37. The van der Waals surface area contributed by atoms with Gasteiger partial charge in [-0.25, -0.2) is 4.98 Å². The molecule has 100 valence electrons. The van der Waals surface area contributed by atoms with Crippen molar-refractivity contribution >= 4 is 27.4 Å². The predicted octanol–water partition coefficient (Wildman–Crippen LogP) is 4.09. The van der Waals surface area contributed by atoms with Gasteiger partial charge in [-0.3, -0.25) is 0 Å². The van der Waals surface area contributed by atoms with Crippen LogP contribution in [0.5, 0.6) is 0 Å². The van der Waals surface area contributed by atoms with Crippen molar-refractivity contribution in [2.24, 2.45) is 0 Å². The number of anilines is 2. The smallest absolute Gasteiger partial charge is 0.144 e. The molecule has 2 aromatic rings. The van der Waals surface area contributed by atoms with Crippen molar-refractivity contribution in [2.45, 2.75) is 13.3 Å². The fourth-order valence-corrected chi connectivity index (χ4v) is 2.39. The molecule has 2 rings (SSSR count). The molecule has 0 radical (unpaired) electrons. The lowest BCUT2D eigenvalue weighted by atomic mass is 10.1. The van der Waals surface area contributed by atoms with Gasteiger partial charge in [-0.05, 0) is 52.5 Å². The standard InChI is InChI=1S/C15H17BrN2O/c1-11-9-13(16)15(17-10-11)18-14-6-4-3-5-12(14)7-8-19-2/h3-6,9-10H,7-8H2,1-2H3,(H,17,18). The predicted molar refractivity (Wildman–Crippen MR) is 82.0 cm³/mol. The van der Waals surface area contributed by atoms with Crippen LogP contribution in [0.15, 0.2) is 41.0 Å². The third-order valence-corrected chi connectivity index (χ3v) is 3.43. The van der Waals surface area contributed by atoms with E-state index >= 15 is 0 Å². The maximum absolute atomic E-state index is 5.14. The van der Waals surface area contributed by atoms with E-state index in [-0.39, 0.29) is 0 Å². The highest BCUT2D eigenvalue weighted by atomic mass is 79.9. The molecule has 4 heteroatoms. The number of halogens is 1. The minimum Gasteiger partial charge on any atom is -0.384 e. The molecule has 1 aromatic heterocycles. The Labute approximate surface area is 122 Å². The summed E-state index contributed by atoms with van der Waals surface area (Å²) in [4.78, 5) is 4.41. The molecule has 1 aromatic carbocycles. The highest BCUT2D eigenvalue weighted by molar-refractivity contribution is 9.10. The van der Waals surface area contributed by atoms with Crippen molar-refractivity contribution in [2.75, 3.05) is 19.0 Å². The molecular formula is C15H17BrN2O. The second kappa shape index (κ2) is 6.68. The molecule has 0 saturated heterocycles. The van der Waals surface area contributed by atoms with Crippen molar-refractivity contribution in [3.8, 4) is 0 Å². The van der Waals surface area contributed by atoms with Gasteiger partial charge in [-0.1, -0.05) is 18.2 Å². The molecule has 0 aliphatic carbocycles. The molecule has 0 spiro atoms. The first-order chi connectivity index (χ1) is 9.20. The first-order valence-electron chi connectivity index (χ1n) is 6.16. The number of para-hydroxylation sites is 1. The van der Waals surface area contributed by atoms with Crippen LogP contribution in [0.3, 0.4) is 0 Å². The van der Waals surface area contributed by atoms with Gasteiger partial charge in [0.2, 0.25) is 0 Å². The van der Waals surface area contributed by atoms with E-state index in [1.807, 2.05) is 31.3 Å². The van der Waals surface area contributed by atoms with Crippen LogP contribution in [0.2, 0.25) is 0 Å². The molecule has 3 nitrogen and oxygen atoms in total. The summed E-state index contributed by atoms with van der Waals surface area (Å²) in [6.45, 7) is 2.73. The maximum Gasteiger partial charge on any atom is 0.144 e. The van der Waals surface area contributed by atoms with E-state index in [0.29, 0.717) is 6.61 Å². The topological polar surface area (TPSA) is 34.1 Å². The van der Waals surface area contributed by atoms with E-state index in [1.54, 1.807) is 7.11 Å². The van der Waals surface area contributed by atoms with Crippen LogP contribution >= 0.6 is 15.9 Å². The molecule has 0 aliphatic heterocycles. The number of methoxy groups -OCH3 is 1. The summed E-state index contributed by atoms with van der Waals surface area (Å²) in [6, 6.07) is 10.3. The SMILES string of the molecule is COCCc1ccccc1Nc1ncc(C)cc1Br. The van der Waals surface area contributed by atoms with Crippen LogP contribution in [-0.2, 0) is 11.2 Å². The summed E-state index contributed by atoms with van der Waals surface area (Å²) in [5.41, 5.74) is 3.42. The van der Waals surface area contributed by atoms with Gasteiger partial charge in [-0.2, -0.15) is 0 Å². The molecule has 1 N–H and O–H groups in total. The van der Waals surface area contributed by atoms with Crippen LogP contribution in [0.4, 0.5) is 11.5 Å². The van der Waals surface area contributed by atoms with Crippen molar-refractivity contribution in [3.63, 3.8) is 0 Å². The number of aromatic nitrogens is 1. The zero-order valence-corrected chi connectivity index (χ0v) is 12.7. The molecule has 19 heavy (non-hydrogen) atoms. The normalized spacial score (nSPS) is 10.5. The Morgan fingerprint density at radius 3 is 2.84 bits per heavy atom. The fraction of sp³-hybridized carbons (Fsp3) is 0.267. The van der Waals surface area contributed by atoms with Gasteiger partial charge in [0.25, 0.3) is 0 Å². The number of hydrogen-bond donors (Lipinski definition) is 1. The largest absolute Gasteiger partial charge is 0.384 e. The minimum atomic E-state index is 0.710. The van der Waals surface area contributed by atoms with Crippen LogP contribution in [0.1, 0.15) is 11.1 Å². The monoisotopic (exact) mass is 320 g/mol. The van der Waals surface area contributed by atoms with Crippen LogP contribution < -0.4 is 5.32 Å². The van der Waals surface area contributed by atoms with Crippen molar-refractivity contribution in [1.82, 2.24) is 4.98 Å². The number of hydrogen-bond acceptors (Lipinski definition) is 3. The van der Waals surface area contributed by atoms with Gasteiger partial charge in [0.15, 0.2) is 0 Å². The summed E-state index contributed by atoms with van der Waals surface area (Å²) in [5.74, 6) is 0.829. The van der Waals surface area contributed by atoms with Gasteiger partial charge in [0.05, 0.1) is 11.1 Å². The Balaban J connectivity index is 2.22. The number of aryl methyl sites for hydroxylation is 1. The van der Waals surface area contributed by atoms with Crippen molar-refractivity contribution in [3.05, 3.63) is 52.1 Å². The van der Waals surface area contributed by atoms with Gasteiger partial charge in [0, 0.05) is 19.0 Å². The van der Waals surface area contributed by atoms with Gasteiger partial charge in [-0.15, -0.1) is 0 Å². The average molecular weight is 321 g/mol. The Hall–Kier alpha value is -1.39. The molecular weight excluding hydrogens is 304 g/mol.